The number of benzene rings is 2. The van der Waals surface area contributed by atoms with Gasteiger partial charge in [0.2, 0.25) is 0 Å². The average molecular weight is 376 g/mol. The van der Waals surface area contributed by atoms with E-state index in [0.29, 0.717) is 16.7 Å². The van der Waals surface area contributed by atoms with Gasteiger partial charge in [-0.1, -0.05) is 48.0 Å². The summed E-state index contributed by atoms with van der Waals surface area (Å²) in [5.74, 6) is -0.136. The molecule has 2 aromatic carbocycles. The van der Waals surface area contributed by atoms with Crippen molar-refractivity contribution in [3.8, 4) is 0 Å². The summed E-state index contributed by atoms with van der Waals surface area (Å²) < 4.78 is 26.7. The van der Waals surface area contributed by atoms with Crippen LogP contribution in [0.25, 0.3) is 10.9 Å². The predicted molar refractivity (Wildman–Crippen MR) is 105 cm³/mol. The van der Waals surface area contributed by atoms with Crippen molar-refractivity contribution in [2.75, 3.05) is 5.32 Å². The molecule has 28 heavy (non-hydrogen) atoms. The van der Waals surface area contributed by atoms with E-state index >= 15 is 0 Å². The van der Waals surface area contributed by atoms with Crippen LogP contribution in [0, 0.1) is 6.92 Å². The van der Waals surface area contributed by atoms with Crippen molar-refractivity contribution < 1.29 is 8.78 Å². The minimum atomic E-state index is -2.75. The molecule has 0 radical (unpaired) electrons. The lowest BCUT2D eigenvalue weighted by Crippen LogP contribution is -2.16. The van der Waals surface area contributed by atoms with Crippen LogP contribution in [-0.4, -0.2) is 15.0 Å². The van der Waals surface area contributed by atoms with Gasteiger partial charge in [0.15, 0.2) is 5.82 Å². The molecule has 0 aliphatic heterocycles. The van der Waals surface area contributed by atoms with Crippen LogP contribution in [-0.2, 0) is 0 Å². The molecule has 1 atom stereocenters. The van der Waals surface area contributed by atoms with Crippen molar-refractivity contribution in [1.82, 2.24) is 15.0 Å². The molecule has 140 valence electrons. The molecule has 1 N–H and O–H groups in total. The van der Waals surface area contributed by atoms with Crippen molar-refractivity contribution in [1.29, 1.82) is 0 Å². The highest BCUT2D eigenvalue weighted by Gasteiger charge is 2.20. The molecule has 1 unspecified atom stereocenters. The van der Waals surface area contributed by atoms with Crippen LogP contribution in [0.3, 0.4) is 0 Å². The molecule has 0 bridgehead atoms. The molecule has 4 aromatic rings. The number of nitrogens with one attached hydrogen (secondary N) is 1. The van der Waals surface area contributed by atoms with Crippen LogP contribution in [0.1, 0.15) is 35.1 Å². The van der Waals surface area contributed by atoms with Crippen LogP contribution in [0.2, 0.25) is 0 Å². The Labute approximate surface area is 161 Å². The number of fused-ring (bicyclic) bond motifs is 1. The fourth-order valence-electron chi connectivity index (χ4n) is 3.16. The third-order valence-electron chi connectivity index (χ3n) is 4.46. The number of para-hydroxylation sites is 1. The molecule has 4 nitrogen and oxygen atoms in total. The van der Waals surface area contributed by atoms with Crippen molar-refractivity contribution in [3.05, 3.63) is 95.6 Å². The van der Waals surface area contributed by atoms with Gasteiger partial charge in [0.05, 0.1) is 17.3 Å². The van der Waals surface area contributed by atoms with Gasteiger partial charge in [0, 0.05) is 11.6 Å². The number of aromatic nitrogens is 3. The Balaban J connectivity index is 1.85. The summed E-state index contributed by atoms with van der Waals surface area (Å²) in [4.78, 5) is 12.6. The zero-order chi connectivity index (χ0) is 19.5. The topological polar surface area (TPSA) is 50.7 Å². The lowest BCUT2D eigenvalue weighted by atomic mass is 10.0. The Kier molecular flexibility index (Phi) is 4.93. The van der Waals surface area contributed by atoms with E-state index in [2.05, 4.69) is 20.3 Å². The average Bonchev–Trinajstić information content (AvgIpc) is 2.72. The fourth-order valence-corrected chi connectivity index (χ4v) is 3.16. The molecule has 6 heteroatoms. The van der Waals surface area contributed by atoms with E-state index in [-0.39, 0.29) is 6.04 Å². The first kappa shape index (κ1) is 18.0. The largest absolute Gasteiger partial charge is 0.357 e. The molecule has 4 rings (SSSR count). The van der Waals surface area contributed by atoms with Crippen molar-refractivity contribution in [3.63, 3.8) is 0 Å². The third kappa shape index (κ3) is 3.67. The molecule has 0 amide bonds. The van der Waals surface area contributed by atoms with Gasteiger partial charge in [0.25, 0.3) is 6.43 Å². The number of halogens is 2. The van der Waals surface area contributed by atoms with Gasteiger partial charge in [-0.05, 0) is 36.8 Å². The minimum absolute atomic E-state index is 0.343. The van der Waals surface area contributed by atoms with Gasteiger partial charge in [-0.2, -0.15) is 0 Å². The van der Waals surface area contributed by atoms with Crippen LogP contribution in [0.4, 0.5) is 14.6 Å². The highest BCUT2D eigenvalue weighted by Crippen LogP contribution is 2.30. The summed E-state index contributed by atoms with van der Waals surface area (Å²) >= 11 is 0. The Morgan fingerprint density at radius 3 is 2.46 bits per heavy atom. The van der Waals surface area contributed by atoms with E-state index in [4.69, 9.17) is 0 Å². The number of aryl methyl sites for hydroxylation is 1. The monoisotopic (exact) mass is 376 g/mol. The number of pyridine rings is 1. The summed E-state index contributed by atoms with van der Waals surface area (Å²) in [5.41, 5.74) is 3.31. The van der Waals surface area contributed by atoms with Gasteiger partial charge in [-0.15, -0.1) is 0 Å². The second-order valence-electron chi connectivity index (χ2n) is 6.49. The number of rotatable bonds is 5. The van der Waals surface area contributed by atoms with Crippen LogP contribution in [0.15, 0.2) is 72.9 Å². The molecule has 0 aliphatic rings. The molecule has 0 saturated heterocycles. The summed E-state index contributed by atoms with van der Waals surface area (Å²) in [6.07, 6.45) is -1.04. The lowest BCUT2D eigenvalue weighted by Gasteiger charge is -2.21. The molecule has 0 fully saturated rings. The Bertz CT molecular complexity index is 1100. The summed E-state index contributed by atoms with van der Waals surface area (Å²) in [6, 6.07) is 20.4. The molecule has 0 aliphatic carbocycles. The van der Waals surface area contributed by atoms with Gasteiger partial charge in [0.1, 0.15) is 5.82 Å². The summed E-state index contributed by atoms with van der Waals surface area (Å²) in [5, 5.41) is 4.01. The van der Waals surface area contributed by atoms with Crippen molar-refractivity contribution in [2.24, 2.45) is 0 Å². The van der Waals surface area contributed by atoms with Gasteiger partial charge >= 0.3 is 0 Å². The van der Waals surface area contributed by atoms with Gasteiger partial charge in [-0.25, -0.2) is 18.7 Å². The van der Waals surface area contributed by atoms with E-state index in [1.807, 2.05) is 61.5 Å². The zero-order valence-corrected chi connectivity index (χ0v) is 15.2. The Hall–Kier alpha value is -3.41. The van der Waals surface area contributed by atoms with E-state index in [1.165, 1.54) is 0 Å². The fraction of sp³-hybridized carbons (Fsp3) is 0.136. The van der Waals surface area contributed by atoms with E-state index in [1.54, 1.807) is 18.3 Å². The predicted octanol–water partition coefficient (Wildman–Crippen LogP) is 5.47. The highest BCUT2D eigenvalue weighted by atomic mass is 19.3. The quantitative estimate of drug-likeness (QED) is 0.502. The number of hydrogen-bond acceptors (Lipinski definition) is 4. The SMILES string of the molecule is Cc1cccc(C(Nc2nc(C(F)F)nc3ccccc23)c2ccccn2)c1. The maximum atomic E-state index is 13.3. The Morgan fingerprint density at radius 2 is 1.71 bits per heavy atom. The first-order chi connectivity index (χ1) is 13.6. The highest BCUT2D eigenvalue weighted by molar-refractivity contribution is 5.89. The van der Waals surface area contributed by atoms with Crippen LogP contribution in [0.5, 0.6) is 0 Å². The molecular formula is C22H18F2N4. The smallest absolute Gasteiger partial charge is 0.297 e. The number of nitrogens with zero attached hydrogens (tertiary/aromatic N) is 3. The first-order valence-electron chi connectivity index (χ1n) is 8.90. The van der Waals surface area contributed by atoms with Crippen LogP contribution >= 0.6 is 0 Å². The zero-order valence-electron chi connectivity index (χ0n) is 15.2. The Morgan fingerprint density at radius 1 is 0.893 bits per heavy atom. The minimum Gasteiger partial charge on any atom is -0.357 e. The molecule has 2 aromatic heterocycles. The number of hydrogen-bond donors (Lipinski definition) is 1. The van der Waals surface area contributed by atoms with Crippen LogP contribution < -0.4 is 5.32 Å². The summed E-state index contributed by atoms with van der Waals surface area (Å²) in [7, 11) is 0. The van der Waals surface area contributed by atoms with Gasteiger partial charge < -0.3 is 5.32 Å². The third-order valence-corrected chi connectivity index (χ3v) is 4.46. The van der Waals surface area contributed by atoms with E-state index in [9.17, 15) is 8.78 Å². The number of anilines is 1. The van der Waals surface area contributed by atoms with Gasteiger partial charge in [-0.3, -0.25) is 4.98 Å². The molecule has 2 heterocycles. The maximum Gasteiger partial charge on any atom is 0.297 e. The van der Waals surface area contributed by atoms with Crippen molar-refractivity contribution >= 4 is 16.7 Å². The standard InChI is InChI=1S/C22H18F2N4/c1-14-7-6-8-15(13-14)19(18-11-4-5-12-25-18)27-21-16-9-2-3-10-17(16)26-22(28-21)20(23)24/h2-13,19-20H,1H3,(H,26,27,28). The van der Waals surface area contributed by atoms with E-state index in [0.717, 1.165) is 16.8 Å². The first-order valence-corrected chi connectivity index (χ1v) is 8.90. The lowest BCUT2D eigenvalue weighted by molar-refractivity contribution is 0.141. The number of alkyl halides is 2. The van der Waals surface area contributed by atoms with Crippen molar-refractivity contribution in [2.45, 2.75) is 19.4 Å². The summed E-state index contributed by atoms with van der Waals surface area (Å²) in [6.45, 7) is 2.01. The second-order valence-corrected chi connectivity index (χ2v) is 6.49. The van der Waals surface area contributed by atoms with E-state index < -0.39 is 12.2 Å². The molecular weight excluding hydrogens is 358 g/mol. The normalized spacial score (nSPS) is 12.3. The maximum absolute atomic E-state index is 13.3. The second kappa shape index (κ2) is 7.68. The molecule has 0 saturated carbocycles. The molecule has 0 spiro atoms.